The van der Waals surface area contributed by atoms with E-state index < -0.39 is 5.41 Å². The molecule has 142 heavy (non-hydrogen) atoms. The number of aryl methyl sites for hydroxylation is 1. The summed E-state index contributed by atoms with van der Waals surface area (Å²) in [4.78, 5) is 0. The number of phenolic OH excluding ortho intramolecular Hbond substituents is 11. The zero-order valence-corrected chi connectivity index (χ0v) is 91.2. The van der Waals surface area contributed by atoms with Crippen molar-refractivity contribution in [2.45, 2.75) is 322 Å². The van der Waals surface area contributed by atoms with Crippen LogP contribution >= 0.6 is 0 Å². The molecule has 20 rings (SSSR count). The zero-order chi connectivity index (χ0) is 106. The lowest BCUT2D eigenvalue weighted by Crippen LogP contribution is -2.56. The van der Waals surface area contributed by atoms with E-state index in [1.54, 1.807) is 109 Å². The van der Waals surface area contributed by atoms with E-state index in [0.29, 0.717) is 40.6 Å². The number of aromatic hydroxyl groups is 11. The molecule has 6 saturated carbocycles. The summed E-state index contributed by atoms with van der Waals surface area (Å²) < 4.78 is 0. The molecular formula is C131H180O11. The molecule has 0 amide bonds. The molecule has 11 nitrogen and oxygen atoms in total. The first kappa shape index (κ1) is 124. The molecule has 0 spiro atoms. The Balaban J connectivity index is 0.000000439. The van der Waals surface area contributed by atoms with Crippen molar-refractivity contribution in [2.75, 3.05) is 0 Å². The highest BCUT2D eigenvalue weighted by Gasteiger charge is 2.59. The number of phenols is 11. The van der Waals surface area contributed by atoms with Crippen LogP contribution in [-0.4, -0.2) is 56.2 Å². The van der Waals surface area contributed by atoms with Crippen LogP contribution in [0.15, 0.2) is 315 Å². The van der Waals surface area contributed by atoms with Gasteiger partial charge in [-0.2, -0.15) is 0 Å². The smallest absolute Gasteiger partial charge is 0.115 e. The number of rotatable bonds is 10. The van der Waals surface area contributed by atoms with E-state index in [1.165, 1.54) is 128 Å². The highest BCUT2D eigenvalue weighted by atomic mass is 16.3. The SMILES string of the molecule is CC.CC.CC.CC.CC.CC.CC.CCC.CCC.CCC.CCC.CCC.Cc1cccc(O)c1.Oc1ccc(C2(c3ccc(O)cc3)C3CC4CC(C3)CC2C4)cc1.Oc1ccc(C2(c3ccc(O)cc3)CCC(c3ccc(O)cc3)(c3ccc(O)cc3)CC2)cc1.Oc1ccc(C2(c3ccc(O)cc3)CCCCC2)cc1.Oc1ccc(C2(c3ccc(O)cc3)c3ccccc3-c3ccccc32)cc1. The van der Waals surface area contributed by atoms with Crippen LogP contribution in [0.4, 0.5) is 0 Å². The van der Waals surface area contributed by atoms with Gasteiger partial charge in [-0.1, -0.05) is 400 Å². The predicted molar refractivity (Wildman–Crippen MR) is 606 cm³/mol. The Bertz CT molecular complexity index is 5000. The molecule has 0 unspecified atom stereocenters. The van der Waals surface area contributed by atoms with Crippen LogP contribution in [0.5, 0.6) is 63.2 Å². The maximum atomic E-state index is 9.90. The van der Waals surface area contributed by atoms with Gasteiger partial charge in [0.2, 0.25) is 0 Å². The summed E-state index contributed by atoms with van der Waals surface area (Å²) >= 11 is 0. The topological polar surface area (TPSA) is 223 Å². The molecule has 0 heterocycles. The molecule has 7 aliphatic rings. The highest BCUT2D eigenvalue weighted by Crippen LogP contribution is 2.66. The minimum Gasteiger partial charge on any atom is -0.508 e. The Morgan fingerprint density at radius 2 is 0.401 bits per heavy atom. The van der Waals surface area contributed by atoms with Gasteiger partial charge in [0.25, 0.3) is 0 Å². The molecule has 7 aliphatic carbocycles. The van der Waals surface area contributed by atoms with Gasteiger partial charge >= 0.3 is 0 Å². The minimum absolute atomic E-state index is 0.0274. The minimum atomic E-state index is -0.491. The predicted octanol–water partition coefficient (Wildman–Crippen LogP) is 37.0. The molecule has 770 valence electrons. The van der Waals surface area contributed by atoms with Crippen LogP contribution in [0.3, 0.4) is 0 Å². The lowest BCUT2D eigenvalue weighted by molar-refractivity contribution is -0.0418. The molecule has 13 aromatic rings. The summed E-state index contributed by atoms with van der Waals surface area (Å²) in [5.41, 5.74) is 17.0. The molecular weight excluding hydrogens is 1750 g/mol. The van der Waals surface area contributed by atoms with Crippen molar-refractivity contribution < 1.29 is 56.2 Å². The Morgan fingerprint density at radius 1 is 0.204 bits per heavy atom. The monoisotopic (exact) mass is 1930 g/mol. The lowest BCUT2D eigenvalue weighted by atomic mass is 9.42. The maximum Gasteiger partial charge on any atom is 0.115 e. The number of fused-ring (bicyclic) bond motifs is 3. The summed E-state index contributed by atoms with van der Waals surface area (Å²) in [6.45, 7) is 51.2. The van der Waals surface area contributed by atoms with Gasteiger partial charge in [0.1, 0.15) is 63.2 Å². The number of hydrogen-bond donors (Lipinski definition) is 11. The van der Waals surface area contributed by atoms with Gasteiger partial charge in [-0.15, -0.1) is 0 Å². The first-order valence-corrected chi connectivity index (χ1v) is 53.8. The van der Waals surface area contributed by atoms with E-state index >= 15 is 0 Å². The van der Waals surface area contributed by atoms with Gasteiger partial charge < -0.3 is 56.2 Å². The molecule has 0 aliphatic heterocycles. The first-order valence-electron chi connectivity index (χ1n) is 53.8. The van der Waals surface area contributed by atoms with E-state index in [-0.39, 0.29) is 56.2 Å². The summed E-state index contributed by atoms with van der Waals surface area (Å²) in [5, 5.41) is 107. The van der Waals surface area contributed by atoms with E-state index in [4.69, 9.17) is 5.11 Å². The van der Waals surface area contributed by atoms with Gasteiger partial charge in [-0.25, -0.2) is 0 Å². The van der Waals surface area contributed by atoms with E-state index in [9.17, 15) is 51.1 Å². The van der Waals surface area contributed by atoms with Gasteiger partial charge in [0, 0.05) is 21.7 Å². The maximum absolute atomic E-state index is 9.90. The number of benzene rings is 13. The second-order valence-corrected chi connectivity index (χ2v) is 35.7. The average Bonchev–Trinajstić information content (AvgIpc) is 1.69. The molecule has 0 saturated heterocycles. The molecule has 0 aromatic heterocycles. The van der Waals surface area contributed by atoms with Crippen molar-refractivity contribution in [3.63, 3.8) is 0 Å². The third-order valence-electron chi connectivity index (χ3n) is 25.9. The third-order valence-corrected chi connectivity index (χ3v) is 25.9. The largest absolute Gasteiger partial charge is 0.508 e. The third kappa shape index (κ3) is 32.3. The molecule has 4 bridgehead atoms. The fraction of sp³-hybridized carbons (Fsp3) is 0.405. The quantitative estimate of drug-likeness (QED) is 0.0618. The van der Waals surface area contributed by atoms with Crippen LogP contribution in [-0.2, 0) is 27.1 Å². The van der Waals surface area contributed by atoms with Gasteiger partial charge in [-0.05, 0) is 318 Å². The summed E-state index contributed by atoms with van der Waals surface area (Å²) in [6.07, 6.45) is 22.4. The molecule has 11 heteroatoms. The van der Waals surface area contributed by atoms with Crippen molar-refractivity contribution in [1.82, 2.24) is 0 Å². The van der Waals surface area contributed by atoms with Crippen LogP contribution in [0, 0.1) is 30.6 Å². The first-order chi connectivity index (χ1) is 68.8. The van der Waals surface area contributed by atoms with E-state index in [0.717, 1.165) is 89.3 Å². The van der Waals surface area contributed by atoms with Crippen LogP contribution in [0.25, 0.3) is 11.1 Å². The Morgan fingerprint density at radius 3 is 0.606 bits per heavy atom. The Kier molecular flexibility index (Phi) is 57.3. The second kappa shape index (κ2) is 65.7. The Hall–Kier alpha value is -12.3. The molecule has 6 fully saturated rings. The standard InChI is InChI=1S/C30H28O4.C25H18O2.C22H24O2.C18H20O2.C7H8O.5C3H8.7C2H6/c31-25-9-1-21(2-10-25)29(22-3-11-26(32)12-4-22)17-19-30(20-18-29,23-5-13-27(33)14-6-23)24-7-15-28(34)16-8-24;26-19-13-9-17(10-14-19)25(18-11-15-20(27)16-12-18)23-7-3-1-5-21(23)22-6-2-4-8-24(22)25;23-20-5-1-16(2-6-20)22(17-3-7-21(24)8-4-17)18-10-14-9-15(12-18)13-19(22)11-14;19-16-8-4-14(5-9-16)18(12-2-1-3-13-18)15-6-10-17(20)11-7-15;1-6-3-2-4-7(8)5-6;5*1-3-2;7*1-2/h1-16,31-34H,17-20H2;1-16,26-27H;1-8,14-15,18-19,23-24H,9-13H2;4-11,19-20H,1-3,12-13H2;2-5,8H,1H3;5*3H2,1-2H3;7*1-2H3. The van der Waals surface area contributed by atoms with Crippen LogP contribution < -0.4 is 0 Å². The van der Waals surface area contributed by atoms with Crippen molar-refractivity contribution in [1.29, 1.82) is 0 Å². The fourth-order valence-electron chi connectivity index (χ4n) is 20.8. The van der Waals surface area contributed by atoms with Crippen molar-refractivity contribution in [3.8, 4) is 74.4 Å². The zero-order valence-electron chi connectivity index (χ0n) is 91.2. The summed E-state index contributed by atoms with van der Waals surface area (Å²) in [6, 6.07) is 99.9. The molecule has 11 N–H and O–H groups in total. The molecule has 0 radical (unpaired) electrons. The fourth-order valence-corrected chi connectivity index (χ4v) is 20.8. The highest BCUT2D eigenvalue weighted by molar-refractivity contribution is 5.86. The van der Waals surface area contributed by atoms with Crippen LogP contribution in [0.1, 0.15) is 360 Å². The van der Waals surface area contributed by atoms with Crippen LogP contribution in [0.2, 0.25) is 0 Å². The van der Waals surface area contributed by atoms with Gasteiger partial charge in [-0.3, -0.25) is 0 Å². The van der Waals surface area contributed by atoms with Crippen molar-refractivity contribution in [2.24, 2.45) is 23.7 Å². The van der Waals surface area contributed by atoms with E-state index in [2.05, 4.69) is 142 Å². The summed E-state index contributed by atoms with van der Waals surface area (Å²) in [5.74, 6) is 6.28. The van der Waals surface area contributed by atoms with Crippen molar-refractivity contribution in [3.05, 3.63) is 388 Å². The lowest BCUT2D eigenvalue weighted by Gasteiger charge is -2.62. The molecule has 13 aromatic carbocycles. The summed E-state index contributed by atoms with van der Waals surface area (Å²) in [7, 11) is 0. The normalized spacial score (nSPS) is 16.1. The second-order valence-electron chi connectivity index (χ2n) is 35.7. The Labute approximate surface area is 858 Å². The van der Waals surface area contributed by atoms with Gasteiger partial charge in [0.15, 0.2) is 0 Å². The molecule has 0 atom stereocenters. The number of hydrogen-bond acceptors (Lipinski definition) is 11. The van der Waals surface area contributed by atoms with E-state index in [1.807, 2.05) is 237 Å². The average molecular weight is 1930 g/mol. The van der Waals surface area contributed by atoms with Crippen molar-refractivity contribution >= 4 is 0 Å². The van der Waals surface area contributed by atoms with Gasteiger partial charge in [0.05, 0.1) is 5.41 Å².